The maximum Gasteiger partial charge on any atom is 0.0663 e. The van der Waals surface area contributed by atoms with Crippen molar-refractivity contribution in [3.63, 3.8) is 0 Å². The number of rotatable bonds is 3. The van der Waals surface area contributed by atoms with E-state index in [1.54, 1.807) is 7.11 Å². The topological polar surface area (TPSA) is 47.7 Å². The summed E-state index contributed by atoms with van der Waals surface area (Å²) >= 11 is 0. The van der Waals surface area contributed by atoms with Crippen LogP contribution in [0.1, 0.15) is 19.3 Å². The molecule has 2 fully saturated rings. The second kappa shape index (κ2) is 4.78. The van der Waals surface area contributed by atoms with Gasteiger partial charge in [0.2, 0.25) is 0 Å². The van der Waals surface area contributed by atoms with Crippen LogP contribution in [0.5, 0.6) is 0 Å². The van der Waals surface area contributed by atoms with Gasteiger partial charge in [-0.1, -0.05) is 0 Å². The first-order valence-corrected chi connectivity index (χ1v) is 5.86. The van der Waals surface area contributed by atoms with Crippen molar-refractivity contribution in [1.82, 2.24) is 4.90 Å². The lowest BCUT2D eigenvalue weighted by molar-refractivity contribution is -0.00563. The number of ether oxygens (including phenoxy) is 2. The molecule has 0 aromatic rings. The van der Waals surface area contributed by atoms with Gasteiger partial charge in [0.15, 0.2) is 0 Å². The summed E-state index contributed by atoms with van der Waals surface area (Å²) in [5, 5.41) is 0. The lowest BCUT2D eigenvalue weighted by Gasteiger charge is -2.43. The monoisotopic (exact) mass is 214 g/mol. The van der Waals surface area contributed by atoms with Crippen LogP contribution in [-0.2, 0) is 9.47 Å². The van der Waals surface area contributed by atoms with Crippen molar-refractivity contribution in [3.05, 3.63) is 0 Å². The normalized spacial score (nSPS) is 34.8. The minimum Gasteiger partial charge on any atom is -0.381 e. The molecule has 0 aromatic carbocycles. The molecule has 0 aliphatic carbocycles. The number of nitrogens with two attached hydrogens (primary N) is 1. The number of piperidine rings is 1. The van der Waals surface area contributed by atoms with Crippen molar-refractivity contribution in [1.29, 1.82) is 0 Å². The Labute approximate surface area is 91.7 Å². The van der Waals surface area contributed by atoms with Gasteiger partial charge in [-0.25, -0.2) is 0 Å². The summed E-state index contributed by atoms with van der Waals surface area (Å²) in [7, 11) is 1.80. The molecule has 0 bridgehead atoms. The third kappa shape index (κ3) is 2.18. The lowest BCUT2D eigenvalue weighted by Crippen LogP contribution is -2.57. The van der Waals surface area contributed by atoms with Crippen LogP contribution in [0.25, 0.3) is 0 Å². The van der Waals surface area contributed by atoms with Crippen LogP contribution >= 0.6 is 0 Å². The van der Waals surface area contributed by atoms with Gasteiger partial charge in [-0.2, -0.15) is 0 Å². The minimum atomic E-state index is 0.124. The molecule has 2 N–H and O–H groups in total. The van der Waals surface area contributed by atoms with Gasteiger partial charge in [-0.05, 0) is 19.3 Å². The van der Waals surface area contributed by atoms with Gasteiger partial charge < -0.3 is 15.2 Å². The predicted molar refractivity (Wildman–Crippen MR) is 58.8 cm³/mol. The Morgan fingerprint density at radius 3 is 2.67 bits per heavy atom. The summed E-state index contributed by atoms with van der Waals surface area (Å²) in [6.45, 7) is 4.57. The van der Waals surface area contributed by atoms with E-state index in [2.05, 4.69) is 4.90 Å². The van der Waals surface area contributed by atoms with Crippen LogP contribution < -0.4 is 5.73 Å². The summed E-state index contributed by atoms with van der Waals surface area (Å²) in [4.78, 5) is 2.51. The van der Waals surface area contributed by atoms with Gasteiger partial charge in [-0.15, -0.1) is 0 Å². The zero-order valence-corrected chi connectivity index (χ0v) is 9.58. The predicted octanol–water partition coefficient (Wildman–Crippen LogP) is 0.215. The second-order valence-corrected chi connectivity index (χ2v) is 4.65. The number of hydrogen-bond acceptors (Lipinski definition) is 4. The van der Waals surface area contributed by atoms with Gasteiger partial charge in [0, 0.05) is 33.4 Å². The molecule has 15 heavy (non-hydrogen) atoms. The van der Waals surface area contributed by atoms with E-state index in [4.69, 9.17) is 15.2 Å². The molecular weight excluding hydrogens is 192 g/mol. The van der Waals surface area contributed by atoms with Crippen LogP contribution in [0.15, 0.2) is 0 Å². The molecule has 1 atom stereocenters. The average molecular weight is 214 g/mol. The highest BCUT2D eigenvalue weighted by Crippen LogP contribution is 2.28. The summed E-state index contributed by atoms with van der Waals surface area (Å²) in [6, 6.07) is 0. The highest BCUT2D eigenvalue weighted by molar-refractivity contribution is 4.96. The van der Waals surface area contributed by atoms with Gasteiger partial charge in [0.1, 0.15) is 0 Å². The molecule has 1 unspecified atom stereocenters. The van der Waals surface area contributed by atoms with Crippen LogP contribution in [-0.4, -0.2) is 56.5 Å². The van der Waals surface area contributed by atoms with E-state index in [9.17, 15) is 0 Å². The van der Waals surface area contributed by atoms with E-state index in [1.165, 1.54) is 0 Å². The highest BCUT2D eigenvalue weighted by atomic mass is 16.5. The Morgan fingerprint density at radius 1 is 1.47 bits per heavy atom. The zero-order chi connectivity index (χ0) is 10.7. The summed E-state index contributed by atoms with van der Waals surface area (Å²) in [5.74, 6) is 0. The van der Waals surface area contributed by atoms with E-state index >= 15 is 0 Å². The highest BCUT2D eigenvalue weighted by Gasteiger charge is 2.40. The molecule has 4 heteroatoms. The first-order chi connectivity index (χ1) is 7.30. The molecule has 2 aliphatic heterocycles. The van der Waals surface area contributed by atoms with Crippen molar-refractivity contribution >= 4 is 0 Å². The molecule has 2 heterocycles. The largest absolute Gasteiger partial charge is 0.381 e. The molecule has 0 aromatic heterocycles. The third-order valence-electron chi connectivity index (χ3n) is 3.91. The smallest absolute Gasteiger partial charge is 0.0663 e. The van der Waals surface area contributed by atoms with E-state index in [-0.39, 0.29) is 5.54 Å². The Kier molecular flexibility index (Phi) is 3.61. The Morgan fingerprint density at radius 2 is 2.20 bits per heavy atom. The molecule has 2 saturated heterocycles. The standard InChI is InChI=1S/C11H22N2O2/c1-14-10-2-5-13(6-3-10)11(8-12)4-7-15-9-11/h10H,2-9,12H2,1H3. The molecule has 0 amide bonds. The van der Waals surface area contributed by atoms with Crippen molar-refractivity contribution in [3.8, 4) is 0 Å². The maximum atomic E-state index is 5.91. The Bertz CT molecular complexity index is 197. The number of hydrogen-bond donors (Lipinski definition) is 1. The number of likely N-dealkylation sites (tertiary alicyclic amines) is 1. The Hall–Kier alpha value is -0.160. The van der Waals surface area contributed by atoms with Crippen LogP contribution in [0.2, 0.25) is 0 Å². The summed E-state index contributed by atoms with van der Waals surface area (Å²) < 4.78 is 10.9. The molecule has 2 rings (SSSR count). The third-order valence-corrected chi connectivity index (χ3v) is 3.91. The first kappa shape index (κ1) is 11.3. The zero-order valence-electron chi connectivity index (χ0n) is 9.58. The minimum absolute atomic E-state index is 0.124. The van der Waals surface area contributed by atoms with Gasteiger partial charge in [-0.3, -0.25) is 4.90 Å². The van der Waals surface area contributed by atoms with E-state index in [0.717, 1.165) is 45.6 Å². The summed E-state index contributed by atoms with van der Waals surface area (Å²) in [6.07, 6.45) is 3.77. The van der Waals surface area contributed by atoms with Crippen molar-refractivity contribution in [2.24, 2.45) is 5.73 Å². The molecule has 4 nitrogen and oxygen atoms in total. The van der Waals surface area contributed by atoms with Crippen LogP contribution in [0.3, 0.4) is 0 Å². The fourth-order valence-electron chi connectivity index (χ4n) is 2.70. The van der Waals surface area contributed by atoms with Gasteiger partial charge >= 0.3 is 0 Å². The number of methoxy groups -OCH3 is 1. The molecule has 2 aliphatic rings. The molecule has 0 spiro atoms. The maximum absolute atomic E-state index is 5.91. The fourth-order valence-corrected chi connectivity index (χ4v) is 2.70. The molecule has 88 valence electrons. The average Bonchev–Trinajstić information content (AvgIpc) is 2.79. The molecule has 0 radical (unpaired) electrons. The van der Waals surface area contributed by atoms with Gasteiger partial charge in [0.25, 0.3) is 0 Å². The molecule has 0 saturated carbocycles. The van der Waals surface area contributed by atoms with Crippen molar-refractivity contribution < 1.29 is 9.47 Å². The first-order valence-electron chi connectivity index (χ1n) is 5.86. The van der Waals surface area contributed by atoms with Crippen LogP contribution in [0.4, 0.5) is 0 Å². The second-order valence-electron chi connectivity index (χ2n) is 4.65. The van der Waals surface area contributed by atoms with Crippen LogP contribution in [0, 0.1) is 0 Å². The summed E-state index contributed by atoms with van der Waals surface area (Å²) in [5.41, 5.74) is 6.04. The SMILES string of the molecule is COC1CCN(C2(CN)CCOC2)CC1. The van der Waals surface area contributed by atoms with Gasteiger partial charge in [0.05, 0.1) is 18.2 Å². The van der Waals surface area contributed by atoms with E-state index in [0.29, 0.717) is 12.6 Å². The Balaban J connectivity index is 1.93. The molecular formula is C11H22N2O2. The number of nitrogens with zero attached hydrogens (tertiary/aromatic N) is 1. The van der Waals surface area contributed by atoms with E-state index < -0.39 is 0 Å². The fraction of sp³-hybridized carbons (Fsp3) is 1.00. The van der Waals surface area contributed by atoms with Crippen molar-refractivity contribution in [2.45, 2.75) is 30.9 Å². The van der Waals surface area contributed by atoms with Crippen molar-refractivity contribution in [2.75, 3.05) is 40.0 Å². The van der Waals surface area contributed by atoms with E-state index in [1.807, 2.05) is 0 Å². The quantitative estimate of drug-likeness (QED) is 0.730. The lowest BCUT2D eigenvalue weighted by atomic mass is 9.93.